The smallest absolute Gasteiger partial charge is 0.272 e. The number of nitrogens with one attached hydrogen (secondary N) is 1. The van der Waals surface area contributed by atoms with Gasteiger partial charge in [-0.3, -0.25) is 10.1 Å². The summed E-state index contributed by atoms with van der Waals surface area (Å²) in [7, 11) is 0. The number of benzene rings is 1. The monoisotopic (exact) mass is 298 g/mol. The molecule has 1 aliphatic rings. The van der Waals surface area contributed by atoms with Crippen LogP contribution in [0.15, 0.2) is 18.2 Å². The Morgan fingerprint density at radius 3 is 2.95 bits per heavy atom. The van der Waals surface area contributed by atoms with E-state index in [1.54, 1.807) is 0 Å². The summed E-state index contributed by atoms with van der Waals surface area (Å²) in [4.78, 5) is 10.2. The Morgan fingerprint density at radius 2 is 2.25 bits per heavy atom. The second-order valence-electron chi connectivity index (χ2n) is 5.18. The van der Waals surface area contributed by atoms with E-state index in [0.29, 0.717) is 23.4 Å². The molecule has 1 N–H and O–H groups in total. The first-order chi connectivity index (χ1) is 9.58. The molecule has 1 saturated carbocycles. The first-order valence-electron chi connectivity index (χ1n) is 6.78. The van der Waals surface area contributed by atoms with Gasteiger partial charge in [0.1, 0.15) is 5.82 Å². The molecule has 1 aromatic carbocycles. The number of nitro benzene ring substituents is 1. The highest BCUT2D eigenvalue weighted by atomic mass is 32.2. The minimum atomic E-state index is -0.559. The van der Waals surface area contributed by atoms with Crippen molar-refractivity contribution in [3.8, 4) is 0 Å². The summed E-state index contributed by atoms with van der Waals surface area (Å²) < 4.78 is 13.3. The van der Waals surface area contributed by atoms with Crippen molar-refractivity contribution in [3.05, 3.63) is 39.7 Å². The van der Waals surface area contributed by atoms with Gasteiger partial charge in [0.2, 0.25) is 0 Å². The van der Waals surface area contributed by atoms with E-state index in [4.69, 9.17) is 0 Å². The van der Waals surface area contributed by atoms with Gasteiger partial charge in [0, 0.05) is 23.9 Å². The van der Waals surface area contributed by atoms with Gasteiger partial charge in [-0.15, -0.1) is 0 Å². The van der Waals surface area contributed by atoms with E-state index in [1.165, 1.54) is 25.0 Å². The molecular formula is C14H19FN2O2S. The third-order valence-corrected chi connectivity index (χ3v) is 4.80. The average molecular weight is 298 g/mol. The van der Waals surface area contributed by atoms with Crippen LogP contribution in [0.1, 0.15) is 31.2 Å². The number of thioether (sulfide) groups is 1. The molecule has 0 radical (unpaired) electrons. The maximum absolute atomic E-state index is 13.3. The van der Waals surface area contributed by atoms with E-state index in [2.05, 4.69) is 11.6 Å². The molecule has 1 aliphatic carbocycles. The fourth-order valence-electron chi connectivity index (χ4n) is 2.65. The third kappa shape index (κ3) is 4.18. The Morgan fingerprint density at radius 1 is 1.45 bits per heavy atom. The second-order valence-corrected chi connectivity index (χ2v) is 6.31. The van der Waals surface area contributed by atoms with Gasteiger partial charge < -0.3 is 5.32 Å². The minimum absolute atomic E-state index is 0.188. The van der Waals surface area contributed by atoms with Crippen molar-refractivity contribution in [2.45, 2.75) is 43.5 Å². The number of halogens is 1. The van der Waals surface area contributed by atoms with Crippen LogP contribution < -0.4 is 5.32 Å². The van der Waals surface area contributed by atoms with Crippen LogP contribution in [0.2, 0.25) is 0 Å². The normalized spacial score (nSPS) is 22.7. The lowest BCUT2D eigenvalue weighted by atomic mass is 9.95. The lowest BCUT2D eigenvalue weighted by Crippen LogP contribution is -2.34. The Bertz CT molecular complexity index is 484. The fourth-order valence-corrected chi connectivity index (χ4v) is 3.47. The lowest BCUT2D eigenvalue weighted by Gasteiger charge is -2.28. The standard InChI is InChI=1S/C14H19FN2O2S/c1-20-14-4-2-3-12(8-14)16-9-10-5-11(15)7-13(6-10)17(18)19/h5-7,12,14,16H,2-4,8-9H2,1H3. The van der Waals surface area contributed by atoms with Gasteiger partial charge in [-0.25, -0.2) is 4.39 Å². The Kier molecular flexibility index (Phi) is 5.37. The van der Waals surface area contributed by atoms with Gasteiger partial charge in [0.15, 0.2) is 0 Å². The molecule has 1 aromatic rings. The Balaban J connectivity index is 1.95. The maximum atomic E-state index is 13.3. The van der Waals surface area contributed by atoms with Gasteiger partial charge in [0.25, 0.3) is 5.69 Å². The fraction of sp³-hybridized carbons (Fsp3) is 0.571. The van der Waals surface area contributed by atoms with Gasteiger partial charge in [-0.1, -0.05) is 6.42 Å². The van der Waals surface area contributed by atoms with Crippen molar-refractivity contribution in [2.75, 3.05) is 6.26 Å². The minimum Gasteiger partial charge on any atom is -0.310 e. The van der Waals surface area contributed by atoms with Crippen molar-refractivity contribution in [3.63, 3.8) is 0 Å². The average Bonchev–Trinajstić information content (AvgIpc) is 2.44. The van der Waals surface area contributed by atoms with Crippen LogP contribution in [0.25, 0.3) is 0 Å². The molecule has 0 aliphatic heterocycles. The summed E-state index contributed by atoms with van der Waals surface area (Å²) in [6.07, 6.45) is 6.81. The molecular weight excluding hydrogens is 279 g/mol. The second kappa shape index (κ2) is 7.04. The van der Waals surface area contributed by atoms with Crippen molar-refractivity contribution in [1.29, 1.82) is 0 Å². The molecule has 1 fully saturated rings. The molecule has 0 saturated heterocycles. The van der Waals surface area contributed by atoms with E-state index in [-0.39, 0.29) is 5.69 Å². The maximum Gasteiger partial charge on any atom is 0.272 e. The molecule has 0 heterocycles. The molecule has 2 atom stereocenters. The number of hydrogen-bond donors (Lipinski definition) is 1. The number of nitrogens with zero attached hydrogens (tertiary/aromatic N) is 1. The van der Waals surface area contributed by atoms with Crippen LogP contribution in [-0.4, -0.2) is 22.5 Å². The molecule has 2 unspecified atom stereocenters. The number of non-ortho nitro benzene ring substituents is 1. The number of hydrogen-bond acceptors (Lipinski definition) is 4. The highest BCUT2D eigenvalue weighted by molar-refractivity contribution is 7.99. The summed E-state index contributed by atoms with van der Waals surface area (Å²) in [5.41, 5.74) is 0.440. The van der Waals surface area contributed by atoms with E-state index >= 15 is 0 Å². The first-order valence-corrected chi connectivity index (χ1v) is 8.07. The number of rotatable bonds is 5. The quantitative estimate of drug-likeness (QED) is 0.668. The van der Waals surface area contributed by atoms with E-state index in [0.717, 1.165) is 18.9 Å². The topological polar surface area (TPSA) is 55.2 Å². The highest BCUT2D eigenvalue weighted by Gasteiger charge is 2.21. The molecule has 0 aromatic heterocycles. The van der Waals surface area contributed by atoms with Crippen LogP contribution in [0, 0.1) is 15.9 Å². The zero-order valence-electron chi connectivity index (χ0n) is 11.5. The molecule has 6 heteroatoms. The molecule has 0 spiro atoms. The van der Waals surface area contributed by atoms with Crippen LogP contribution in [0.5, 0.6) is 0 Å². The Labute approximate surface area is 122 Å². The van der Waals surface area contributed by atoms with Crippen molar-refractivity contribution in [2.24, 2.45) is 0 Å². The highest BCUT2D eigenvalue weighted by Crippen LogP contribution is 2.27. The summed E-state index contributed by atoms with van der Waals surface area (Å²) in [6.45, 7) is 0.477. The summed E-state index contributed by atoms with van der Waals surface area (Å²) >= 11 is 1.89. The van der Waals surface area contributed by atoms with Crippen LogP contribution in [0.3, 0.4) is 0 Å². The molecule has 0 bridgehead atoms. The third-order valence-electron chi connectivity index (χ3n) is 3.71. The van der Waals surface area contributed by atoms with Gasteiger partial charge in [-0.05, 0) is 37.1 Å². The predicted octanol–water partition coefficient (Wildman–Crippen LogP) is 3.50. The summed E-state index contributed by atoms with van der Waals surface area (Å²) in [6, 6.07) is 4.16. The summed E-state index contributed by atoms with van der Waals surface area (Å²) in [5, 5.41) is 14.8. The van der Waals surface area contributed by atoms with Crippen molar-refractivity contribution >= 4 is 17.4 Å². The zero-order valence-corrected chi connectivity index (χ0v) is 12.3. The SMILES string of the molecule is CSC1CCCC(NCc2cc(F)cc([N+](=O)[O-])c2)C1. The summed E-state index contributed by atoms with van der Waals surface area (Å²) in [5.74, 6) is -0.554. The van der Waals surface area contributed by atoms with Crippen LogP contribution in [0.4, 0.5) is 10.1 Å². The Hall–Kier alpha value is -1.14. The zero-order chi connectivity index (χ0) is 14.5. The van der Waals surface area contributed by atoms with Crippen LogP contribution in [-0.2, 0) is 6.54 Å². The van der Waals surface area contributed by atoms with Crippen molar-refractivity contribution in [1.82, 2.24) is 5.32 Å². The first kappa shape index (κ1) is 15.3. The van der Waals surface area contributed by atoms with Gasteiger partial charge in [-0.2, -0.15) is 11.8 Å². The lowest BCUT2D eigenvalue weighted by molar-refractivity contribution is -0.385. The van der Waals surface area contributed by atoms with Gasteiger partial charge >= 0.3 is 0 Å². The van der Waals surface area contributed by atoms with E-state index < -0.39 is 10.7 Å². The molecule has 110 valence electrons. The van der Waals surface area contributed by atoms with E-state index in [1.807, 2.05) is 11.8 Å². The molecule has 2 rings (SSSR count). The van der Waals surface area contributed by atoms with Crippen LogP contribution >= 0.6 is 11.8 Å². The van der Waals surface area contributed by atoms with Gasteiger partial charge in [0.05, 0.1) is 11.0 Å². The van der Waals surface area contributed by atoms with E-state index in [9.17, 15) is 14.5 Å². The largest absolute Gasteiger partial charge is 0.310 e. The number of nitro groups is 1. The predicted molar refractivity (Wildman–Crippen MR) is 79.5 cm³/mol. The molecule has 4 nitrogen and oxygen atoms in total. The van der Waals surface area contributed by atoms with Crippen molar-refractivity contribution < 1.29 is 9.31 Å². The molecule has 0 amide bonds. The molecule has 20 heavy (non-hydrogen) atoms.